The van der Waals surface area contributed by atoms with E-state index in [1.807, 2.05) is 17.0 Å². The van der Waals surface area contributed by atoms with Crippen LogP contribution in [-0.2, 0) is 16.0 Å². The Balaban J connectivity index is 1.87. The minimum atomic E-state index is -0.775. The topological polar surface area (TPSA) is 70.1 Å². The maximum atomic E-state index is 13.9. The van der Waals surface area contributed by atoms with Crippen molar-refractivity contribution in [3.8, 4) is 5.75 Å². The van der Waals surface area contributed by atoms with E-state index in [0.29, 0.717) is 19.6 Å². The summed E-state index contributed by atoms with van der Waals surface area (Å²) in [7, 11) is 6.61. The van der Waals surface area contributed by atoms with Crippen molar-refractivity contribution < 1.29 is 23.9 Å². The molecule has 3 atom stereocenters. The molecule has 1 unspecified atom stereocenters. The van der Waals surface area contributed by atoms with Crippen molar-refractivity contribution in [2.45, 2.75) is 85.1 Å². The molecule has 1 aromatic rings. The Kier molecular flexibility index (Phi) is 11.5. The van der Waals surface area contributed by atoms with Crippen LogP contribution in [0.3, 0.4) is 0 Å². The fraction of sp³-hybridized carbons (Fsp3) is 0.706. The van der Waals surface area contributed by atoms with E-state index in [4.69, 9.17) is 4.74 Å². The van der Waals surface area contributed by atoms with Gasteiger partial charge in [0.15, 0.2) is 0 Å². The summed E-state index contributed by atoms with van der Waals surface area (Å²) in [5, 5.41) is 10.6. The number of hydrogen-bond donors (Lipinski definition) is 1. The molecular weight excluding hydrogens is 514 g/mol. The summed E-state index contributed by atoms with van der Waals surface area (Å²) in [5.74, 6) is -0.499. The Morgan fingerprint density at radius 3 is 2.49 bits per heavy atom. The van der Waals surface area contributed by atoms with Crippen molar-refractivity contribution in [1.82, 2.24) is 9.80 Å². The lowest BCUT2D eigenvalue weighted by Gasteiger charge is -2.34. The highest BCUT2D eigenvalue weighted by molar-refractivity contribution is 5.79. The fourth-order valence-electron chi connectivity index (χ4n) is 6.77. The van der Waals surface area contributed by atoms with Crippen LogP contribution in [-0.4, -0.2) is 97.8 Å². The number of hydrogen-bond acceptors (Lipinski definition) is 4. The van der Waals surface area contributed by atoms with Gasteiger partial charge in [-0.05, 0) is 62.1 Å². The van der Waals surface area contributed by atoms with Crippen LogP contribution in [0.2, 0.25) is 0 Å². The van der Waals surface area contributed by atoms with Gasteiger partial charge in [-0.3, -0.25) is 14.5 Å². The molecule has 0 saturated carbocycles. The number of carbonyl (C=O) groups is 2. The molecule has 2 aliphatic rings. The van der Waals surface area contributed by atoms with Gasteiger partial charge in [0.1, 0.15) is 5.75 Å². The van der Waals surface area contributed by atoms with Gasteiger partial charge in [-0.1, -0.05) is 51.0 Å². The molecule has 1 saturated heterocycles. The zero-order valence-electron chi connectivity index (χ0n) is 27.0. The molecule has 0 aromatic heterocycles. The predicted molar refractivity (Wildman–Crippen MR) is 166 cm³/mol. The van der Waals surface area contributed by atoms with Crippen LogP contribution in [0.4, 0.5) is 0 Å². The summed E-state index contributed by atoms with van der Waals surface area (Å²) < 4.78 is 6.64. The van der Waals surface area contributed by atoms with Gasteiger partial charge in [-0.15, -0.1) is 0 Å². The molecule has 7 nitrogen and oxygen atoms in total. The molecule has 1 N–H and O–H groups in total. The van der Waals surface area contributed by atoms with E-state index in [1.165, 1.54) is 5.57 Å². The van der Waals surface area contributed by atoms with Gasteiger partial charge in [0, 0.05) is 38.0 Å². The molecule has 0 aliphatic carbocycles. The molecule has 230 valence electrons. The Bertz CT molecular complexity index is 1070. The number of carboxylic acids is 1. The van der Waals surface area contributed by atoms with Gasteiger partial charge in [-0.2, -0.15) is 0 Å². The van der Waals surface area contributed by atoms with Crippen molar-refractivity contribution in [3.05, 3.63) is 41.0 Å². The van der Waals surface area contributed by atoms with Gasteiger partial charge < -0.3 is 19.2 Å². The van der Waals surface area contributed by atoms with Crippen LogP contribution in [0.15, 0.2) is 29.8 Å². The van der Waals surface area contributed by atoms with Crippen molar-refractivity contribution in [3.63, 3.8) is 0 Å². The number of allylic oxidation sites excluding steroid dienone is 2. The minimum Gasteiger partial charge on any atom is -0.493 e. The first-order chi connectivity index (χ1) is 19.2. The normalized spacial score (nSPS) is 20.9. The highest BCUT2D eigenvalue weighted by Gasteiger charge is 2.48. The van der Waals surface area contributed by atoms with Gasteiger partial charge in [0.25, 0.3) is 0 Å². The molecule has 1 amide bonds. The monoisotopic (exact) mass is 570 g/mol. The van der Waals surface area contributed by atoms with E-state index >= 15 is 0 Å². The third-order valence-corrected chi connectivity index (χ3v) is 8.57. The molecule has 3 rings (SSSR count). The molecule has 0 spiro atoms. The van der Waals surface area contributed by atoms with E-state index in [9.17, 15) is 14.7 Å². The van der Waals surface area contributed by atoms with Crippen LogP contribution < -0.4 is 4.74 Å². The average Bonchev–Trinajstić information content (AvgIpc) is 3.46. The second kappa shape index (κ2) is 14.2. The first-order valence-corrected chi connectivity index (χ1v) is 15.7. The molecule has 2 heterocycles. The van der Waals surface area contributed by atoms with Crippen LogP contribution >= 0.6 is 0 Å². The van der Waals surface area contributed by atoms with Gasteiger partial charge >= 0.3 is 5.97 Å². The zero-order valence-corrected chi connectivity index (χ0v) is 27.0. The van der Waals surface area contributed by atoms with Gasteiger partial charge in [0.05, 0.1) is 46.8 Å². The van der Waals surface area contributed by atoms with Crippen molar-refractivity contribution >= 4 is 11.9 Å². The second-order valence-corrected chi connectivity index (χ2v) is 14.3. The number of fused-ring (bicyclic) bond motifs is 1. The Hall–Kier alpha value is -2.38. The van der Waals surface area contributed by atoms with Crippen molar-refractivity contribution in [2.75, 3.05) is 60.5 Å². The summed E-state index contributed by atoms with van der Waals surface area (Å²) in [5.41, 5.74) is 3.23. The number of ether oxygens (including phenoxy) is 1. The number of rotatable bonds is 15. The molecule has 41 heavy (non-hydrogen) atoms. The lowest BCUT2D eigenvalue weighted by atomic mass is 9.77. The lowest BCUT2D eigenvalue weighted by molar-refractivity contribution is -0.870. The molecule has 2 aliphatic heterocycles. The number of likely N-dealkylation sites (tertiary alicyclic amines) is 1. The number of benzene rings is 1. The van der Waals surface area contributed by atoms with Gasteiger partial charge in [-0.25, -0.2) is 0 Å². The van der Waals surface area contributed by atoms with Crippen LogP contribution in [0.1, 0.15) is 83.8 Å². The third-order valence-electron chi connectivity index (χ3n) is 8.57. The van der Waals surface area contributed by atoms with E-state index in [0.717, 1.165) is 73.1 Å². The smallest absolute Gasteiger partial charge is 0.308 e. The van der Waals surface area contributed by atoms with Crippen LogP contribution in [0.5, 0.6) is 5.75 Å². The Morgan fingerprint density at radius 1 is 1.15 bits per heavy atom. The number of quaternary nitrogens is 1. The number of carboxylic acid groups (broad SMARTS) is 1. The second-order valence-electron chi connectivity index (χ2n) is 14.3. The van der Waals surface area contributed by atoms with E-state index in [-0.39, 0.29) is 29.8 Å². The first kappa shape index (κ1) is 33.1. The number of unbranched alkanes of at least 4 members (excludes halogenated alkanes) is 2. The number of nitrogens with zero attached hydrogens (tertiary/aromatic N) is 3. The summed E-state index contributed by atoms with van der Waals surface area (Å²) >= 11 is 0. The molecule has 1 aromatic carbocycles. The SMILES string of the molecule is CCCCN(CCCC[N+](C)(C)C)C(=O)CN1C[C@H](c2ccc3c(c2)CCO3)C(C(=O)O)[C@@H]1CC(C)(C)C=C(C)C. The highest BCUT2D eigenvalue weighted by atomic mass is 16.5. The van der Waals surface area contributed by atoms with E-state index in [1.54, 1.807) is 0 Å². The first-order valence-electron chi connectivity index (χ1n) is 15.7. The van der Waals surface area contributed by atoms with Gasteiger partial charge in [0.2, 0.25) is 5.91 Å². The molecule has 0 radical (unpaired) electrons. The standard InChI is InChI=1S/C34H55N3O4/c1-9-10-16-35(17-11-12-18-37(6,7)8)31(38)24-36-23-28(26-13-14-30-27(20-26)15-19-41-30)32(33(39)40)29(36)22-34(4,5)21-25(2)3/h13-14,20-21,28-29,32H,9-12,15-19,22-24H2,1-8H3/p+1/t28-,29+,32?/m1/s1. The largest absolute Gasteiger partial charge is 0.493 e. The maximum absolute atomic E-state index is 13.9. The van der Waals surface area contributed by atoms with Crippen molar-refractivity contribution in [1.29, 1.82) is 0 Å². The Labute approximate surface area is 249 Å². The predicted octanol–water partition coefficient (Wildman–Crippen LogP) is 5.59. The van der Waals surface area contributed by atoms with E-state index < -0.39 is 11.9 Å². The summed E-state index contributed by atoms with van der Waals surface area (Å²) in [6, 6.07) is 5.95. The maximum Gasteiger partial charge on any atom is 0.308 e. The number of carbonyl (C=O) groups excluding carboxylic acids is 1. The Morgan fingerprint density at radius 2 is 1.85 bits per heavy atom. The molecule has 1 fully saturated rings. The molecule has 7 heteroatoms. The third kappa shape index (κ3) is 9.57. The quantitative estimate of drug-likeness (QED) is 0.169. The molecule has 0 bridgehead atoms. The van der Waals surface area contributed by atoms with E-state index in [2.05, 4.69) is 72.8 Å². The highest BCUT2D eigenvalue weighted by Crippen LogP contribution is 2.44. The minimum absolute atomic E-state index is 0.126. The summed E-state index contributed by atoms with van der Waals surface area (Å²) in [6.45, 7) is 14.8. The van der Waals surface area contributed by atoms with Crippen molar-refractivity contribution in [2.24, 2.45) is 11.3 Å². The zero-order chi connectivity index (χ0) is 30.4. The number of aliphatic carboxylic acids is 1. The van der Waals surface area contributed by atoms with Crippen LogP contribution in [0, 0.1) is 11.3 Å². The summed E-state index contributed by atoms with van der Waals surface area (Å²) in [6.07, 6.45) is 7.87. The average molecular weight is 571 g/mol. The number of amides is 1. The molecular formula is C34H56N3O4+. The fourth-order valence-corrected chi connectivity index (χ4v) is 6.77. The van der Waals surface area contributed by atoms with Crippen LogP contribution in [0.25, 0.3) is 0 Å². The summed E-state index contributed by atoms with van der Waals surface area (Å²) in [4.78, 5) is 31.0. The lowest BCUT2D eigenvalue weighted by Crippen LogP contribution is -2.46.